The summed E-state index contributed by atoms with van der Waals surface area (Å²) in [7, 11) is 0. The summed E-state index contributed by atoms with van der Waals surface area (Å²) in [5, 5.41) is 3.71. The van der Waals surface area contributed by atoms with Crippen LogP contribution in [0.15, 0.2) is 12.2 Å². The lowest BCUT2D eigenvalue weighted by Crippen LogP contribution is -2.38. The van der Waals surface area contributed by atoms with Gasteiger partial charge in [0.25, 0.3) is 0 Å². The number of rotatable bonds is 6. The molecule has 0 heterocycles. The van der Waals surface area contributed by atoms with E-state index < -0.39 is 0 Å². The van der Waals surface area contributed by atoms with E-state index in [-0.39, 0.29) is 0 Å². The molecule has 0 aliphatic heterocycles. The summed E-state index contributed by atoms with van der Waals surface area (Å²) >= 11 is 0. The van der Waals surface area contributed by atoms with Crippen LogP contribution in [0.4, 0.5) is 0 Å². The maximum absolute atomic E-state index is 4.19. The molecule has 92 valence electrons. The average Bonchev–Trinajstić information content (AvgIpc) is 2.90. The Morgan fingerprint density at radius 3 is 2.62 bits per heavy atom. The first kappa shape index (κ1) is 12.2. The van der Waals surface area contributed by atoms with Crippen LogP contribution in [0.5, 0.6) is 0 Å². The molecule has 0 spiro atoms. The Morgan fingerprint density at radius 1 is 1.31 bits per heavy atom. The zero-order valence-electron chi connectivity index (χ0n) is 11.0. The van der Waals surface area contributed by atoms with Gasteiger partial charge < -0.3 is 5.32 Å². The van der Waals surface area contributed by atoms with Crippen LogP contribution in [-0.4, -0.2) is 12.6 Å². The van der Waals surface area contributed by atoms with Crippen LogP contribution in [0.1, 0.15) is 52.4 Å². The van der Waals surface area contributed by atoms with Crippen LogP contribution in [0.3, 0.4) is 0 Å². The zero-order valence-corrected chi connectivity index (χ0v) is 11.0. The Kier molecular flexibility index (Phi) is 4.07. The molecule has 2 saturated carbocycles. The predicted molar refractivity (Wildman–Crippen MR) is 70.5 cm³/mol. The van der Waals surface area contributed by atoms with E-state index in [9.17, 15) is 0 Å². The Morgan fingerprint density at radius 2 is 2.12 bits per heavy atom. The fourth-order valence-electron chi connectivity index (χ4n) is 3.88. The lowest BCUT2D eigenvalue weighted by molar-refractivity contribution is 0.248. The highest BCUT2D eigenvalue weighted by atomic mass is 14.9. The van der Waals surface area contributed by atoms with Crippen molar-refractivity contribution in [1.29, 1.82) is 0 Å². The highest BCUT2D eigenvalue weighted by molar-refractivity contribution is 5.02. The molecule has 0 aromatic carbocycles. The molecule has 2 bridgehead atoms. The van der Waals surface area contributed by atoms with Crippen molar-refractivity contribution < 1.29 is 0 Å². The summed E-state index contributed by atoms with van der Waals surface area (Å²) in [5.41, 5.74) is 1.42. The summed E-state index contributed by atoms with van der Waals surface area (Å²) in [6.45, 7) is 9.75. The second-order valence-corrected chi connectivity index (χ2v) is 5.81. The second kappa shape index (κ2) is 5.35. The van der Waals surface area contributed by atoms with Gasteiger partial charge in [-0.25, -0.2) is 0 Å². The van der Waals surface area contributed by atoms with Crippen LogP contribution >= 0.6 is 0 Å². The maximum Gasteiger partial charge on any atom is 0.0135 e. The van der Waals surface area contributed by atoms with Gasteiger partial charge in [-0.1, -0.05) is 32.4 Å². The van der Waals surface area contributed by atoms with Crippen LogP contribution in [0.25, 0.3) is 0 Å². The lowest BCUT2D eigenvalue weighted by Gasteiger charge is -2.31. The van der Waals surface area contributed by atoms with E-state index in [1.807, 2.05) is 0 Å². The smallest absolute Gasteiger partial charge is 0.0135 e. The van der Waals surface area contributed by atoms with Gasteiger partial charge in [0.15, 0.2) is 0 Å². The molecule has 1 nitrogen and oxygen atoms in total. The molecule has 16 heavy (non-hydrogen) atoms. The Bertz CT molecular complexity index is 246. The summed E-state index contributed by atoms with van der Waals surface area (Å²) in [6, 6.07) is 0.716. The normalized spacial score (nSPS) is 34.2. The first-order valence-corrected chi connectivity index (χ1v) is 7.14. The lowest BCUT2D eigenvalue weighted by atomic mass is 9.80. The van der Waals surface area contributed by atoms with Crippen molar-refractivity contribution in [2.24, 2.45) is 17.8 Å². The predicted octanol–water partition coefficient (Wildman–Crippen LogP) is 3.76. The first-order valence-electron chi connectivity index (χ1n) is 7.14. The molecule has 1 N–H and O–H groups in total. The van der Waals surface area contributed by atoms with Crippen LogP contribution in [0.2, 0.25) is 0 Å². The average molecular weight is 221 g/mol. The third-order valence-corrected chi connectivity index (χ3v) is 4.78. The molecular formula is C15H27N. The molecule has 2 aliphatic carbocycles. The molecule has 4 atom stereocenters. The molecule has 2 fully saturated rings. The molecular weight excluding hydrogens is 194 g/mol. The Labute approximate surface area is 101 Å². The van der Waals surface area contributed by atoms with Crippen LogP contribution in [-0.2, 0) is 0 Å². The van der Waals surface area contributed by atoms with Gasteiger partial charge in [0.2, 0.25) is 0 Å². The molecule has 1 heteroatoms. The van der Waals surface area contributed by atoms with Crippen LogP contribution in [0, 0.1) is 17.8 Å². The van der Waals surface area contributed by atoms with Gasteiger partial charge in [0.1, 0.15) is 0 Å². The van der Waals surface area contributed by atoms with Gasteiger partial charge in [-0.2, -0.15) is 0 Å². The van der Waals surface area contributed by atoms with E-state index in [4.69, 9.17) is 0 Å². The van der Waals surface area contributed by atoms with E-state index in [1.54, 1.807) is 0 Å². The van der Waals surface area contributed by atoms with E-state index in [1.165, 1.54) is 37.7 Å². The van der Waals surface area contributed by atoms with Crippen molar-refractivity contribution in [3.63, 3.8) is 0 Å². The van der Waals surface area contributed by atoms with Gasteiger partial charge in [-0.05, 0) is 56.4 Å². The van der Waals surface area contributed by atoms with Crippen molar-refractivity contribution in [2.45, 2.75) is 58.4 Å². The van der Waals surface area contributed by atoms with Crippen molar-refractivity contribution in [1.82, 2.24) is 5.32 Å². The highest BCUT2D eigenvalue weighted by Crippen LogP contribution is 2.50. The molecule has 0 aromatic rings. The van der Waals surface area contributed by atoms with Gasteiger partial charge in [0, 0.05) is 6.04 Å². The number of fused-ring (bicyclic) bond motifs is 2. The molecule has 2 aliphatic rings. The van der Waals surface area contributed by atoms with Crippen LogP contribution < -0.4 is 5.32 Å². The fourth-order valence-corrected chi connectivity index (χ4v) is 3.88. The minimum absolute atomic E-state index is 0.716. The fraction of sp³-hybridized carbons (Fsp3) is 0.867. The Hall–Kier alpha value is -0.300. The highest BCUT2D eigenvalue weighted by Gasteiger charge is 2.42. The molecule has 0 aromatic heterocycles. The van der Waals surface area contributed by atoms with Crippen molar-refractivity contribution in [3.8, 4) is 0 Å². The minimum atomic E-state index is 0.716. The first-order chi connectivity index (χ1) is 7.74. The molecule has 2 rings (SSSR count). The van der Waals surface area contributed by atoms with Crippen molar-refractivity contribution in [2.75, 3.05) is 6.54 Å². The monoisotopic (exact) mass is 221 g/mol. The van der Waals surface area contributed by atoms with Gasteiger partial charge in [0.05, 0.1) is 0 Å². The standard InChI is InChI=1S/C15H27N/c1-4-11(3)8-15(16-5-2)14-10-12-6-7-13(14)9-12/h12-16H,3-10H2,1-2H3. The van der Waals surface area contributed by atoms with Gasteiger partial charge in [-0.3, -0.25) is 0 Å². The second-order valence-electron chi connectivity index (χ2n) is 5.81. The summed E-state index contributed by atoms with van der Waals surface area (Å²) in [5.74, 6) is 3.03. The van der Waals surface area contributed by atoms with E-state index in [2.05, 4.69) is 25.7 Å². The van der Waals surface area contributed by atoms with Crippen molar-refractivity contribution >= 4 is 0 Å². The van der Waals surface area contributed by atoms with Gasteiger partial charge in [-0.15, -0.1) is 0 Å². The molecule has 4 unspecified atom stereocenters. The third kappa shape index (κ3) is 2.51. The number of hydrogen-bond donors (Lipinski definition) is 1. The van der Waals surface area contributed by atoms with E-state index in [0.29, 0.717) is 6.04 Å². The molecule has 0 saturated heterocycles. The van der Waals surface area contributed by atoms with E-state index in [0.717, 1.165) is 30.7 Å². The number of nitrogens with one attached hydrogen (secondary N) is 1. The maximum atomic E-state index is 4.19. The van der Waals surface area contributed by atoms with E-state index >= 15 is 0 Å². The number of hydrogen-bond acceptors (Lipinski definition) is 1. The summed E-state index contributed by atoms with van der Waals surface area (Å²) in [4.78, 5) is 0. The zero-order chi connectivity index (χ0) is 11.5. The summed E-state index contributed by atoms with van der Waals surface area (Å²) < 4.78 is 0. The summed E-state index contributed by atoms with van der Waals surface area (Å²) in [6.07, 6.45) is 8.36. The van der Waals surface area contributed by atoms with Gasteiger partial charge >= 0.3 is 0 Å². The quantitative estimate of drug-likeness (QED) is 0.673. The molecule has 0 radical (unpaired) electrons. The Balaban J connectivity index is 1.93. The van der Waals surface area contributed by atoms with Crippen molar-refractivity contribution in [3.05, 3.63) is 12.2 Å². The third-order valence-electron chi connectivity index (χ3n) is 4.78. The topological polar surface area (TPSA) is 12.0 Å². The molecule has 0 amide bonds. The largest absolute Gasteiger partial charge is 0.314 e. The SMILES string of the molecule is C=C(CC)CC(NCC)C1CC2CCC1C2. The minimum Gasteiger partial charge on any atom is -0.314 e.